The van der Waals surface area contributed by atoms with Crippen LogP contribution in [0.2, 0.25) is 5.02 Å². The Bertz CT molecular complexity index is 410. The molecule has 2 rings (SSSR count). The fourth-order valence-electron chi connectivity index (χ4n) is 1.93. The fraction of sp³-hybridized carbons (Fsp3) is 0.462. The number of ether oxygens (including phenoxy) is 1. The lowest BCUT2D eigenvalue weighted by Crippen LogP contribution is -2.41. The van der Waals surface area contributed by atoms with E-state index in [9.17, 15) is 4.79 Å². The Balaban J connectivity index is 2.08. The molecule has 0 aliphatic carbocycles. The van der Waals surface area contributed by atoms with Crippen molar-refractivity contribution < 1.29 is 9.53 Å². The standard InChI is InChI=1S/C13H16ClNO2S/c1-17-8-6-15-7-9-18-12(13(15)16)10-2-4-11(14)5-3-10/h2-5,12H,6-9H2,1H3. The first kappa shape index (κ1) is 13.7. The zero-order valence-corrected chi connectivity index (χ0v) is 11.8. The molecule has 0 spiro atoms. The summed E-state index contributed by atoms with van der Waals surface area (Å²) in [5, 5.41) is 0.594. The molecule has 1 fully saturated rings. The second-order valence-corrected chi connectivity index (χ2v) is 5.77. The summed E-state index contributed by atoms with van der Waals surface area (Å²) in [6.45, 7) is 2.06. The van der Waals surface area contributed by atoms with Crippen LogP contribution in [0.5, 0.6) is 0 Å². The minimum Gasteiger partial charge on any atom is -0.383 e. The molecule has 3 nitrogen and oxygen atoms in total. The zero-order valence-electron chi connectivity index (χ0n) is 10.3. The Morgan fingerprint density at radius 3 is 2.83 bits per heavy atom. The van der Waals surface area contributed by atoms with E-state index >= 15 is 0 Å². The molecule has 1 aromatic carbocycles. The maximum absolute atomic E-state index is 12.3. The number of amides is 1. The highest BCUT2D eigenvalue weighted by Gasteiger charge is 2.30. The van der Waals surface area contributed by atoms with Gasteiger partial charge in [0.15, 0.2) is 0 Å². The number of hydrogen-bond acceptors (Lipinski definition) is 3. The lowest BCUT2D eigenvalue weighted by molar-refractivity contribution is -0.131. The molecule has 1 heterocycles. The second kappa shape index (κ2) is 6.45. The molecule has 0 saturated carbocycles. The number of halogens is 1. The molecule has 1 aliphatic rings. The third-order valence-electron chi connectivity index (χ3n) is 2.92. The third-order valence-corrected chi connectivity index (χ3v) is 4.40. The molecule has 1 saturated heterocycles. The van der Waals surface area contributed by atoms with Crippen LogP contribution in [0, 0.1) is 0 Å². The summed E-state index contributed by atoms with van der Waals surface area (Å²) in [6.07, 6.45) is 0. The van der Waals surface area contributed by atoms with Crippen LogP contribution < -0.4 is 0 Å². The SMILES string of the molecule is COCCN1CCSC(c2ccc(Cl)cc2)C1=O. The van der Waals surface area contributed by atoms with Gasteiger partial charge in [-0.15, -0.1) is 11.8 Å². The Labute approximate surface area is 116 Å². The molecule has 0 bridgehead atoms. The quantitative estimate of drug-likeness (QED) is 0.852. The largest absolute Gasteiger partial charge is 0.383 e. The maximum atomic E-state index is 12.3. The van der Waals surface area contributed by atoms with Gasteiger partial charge in [0.1, 0.15) is 5.25 Å². The van der Waals surface area contributed by atoms with E-state index in [1.165, 1.54) is 0 Å². The first-order valence-electron chi connectivity index (χ1n) is 5.87. The van der Waals surface area contributed by atoms with Crippen molar-refractivity contribution in [1.29, 1.82) is 0 Å². The molecule has 98 valence electrons. The summed E-state index contributed by atoms with van der Waals surface area (Å²) in [7, 11) is 1.65. The van der Waals surface area contributed by atoms with Gasteiger partial charge in [-0.05, 0) is 17.7 Å². The molecular formula is C13H16ClNO2S. The van der Waals surface area contributed by atoms with Crippen LogP contribution in [0.4, 0.5) is 0 Å². The lowest BCUT2D eigenvalue weighted by atomic mass is 10.1. The number of carbonyl (C=O) groups excluding carboxylic acids is 1. The van der Waals surface area contributed by atoms with E-state index in [0.717, 1.165) is 17.9 Å². The van der Waals surface area contributed by atoms with Crippen molar-refractivity contribution in [3.8, 4) is 0 Å². The monoisotopic (exact) mass is 285 g/mol. The highest BCUT2D eigenvalue weighted by atomic mass is 35.5. The molecule has 1 aliphatic heterocycles. The van der Waals surface area contributed by atoms with Crippen molar-refractivity contribution in [2.24, 2.45) is 0 Å². The minimum absolute atomic E-state index is 0.104. The van der Waals surface area contributed by atoms with E-state index in [4.69, 9.17) is 16.3 Å². The molecule has 18 heavy (non-hydrogen) atoms. The maximum Gasteiger partial charge on any atom is 0.240 e. The number of methoxy groups -OCH3 is 1. The van der Waals surface area contributed by atoms with Gasteiger partial charge < -0.3 is 9.64 Å². The highest BCUT2D eigenvalue weighted by Crippen LogP contribution is 2.34. The predicted octanol–water partition coefficient (Wildman–Crippen LogP) is 2.60. The average Bonchev–Trinajstić information content (AvgIpc) is 2.39. The molecule has 1 atom stereocenters. The molecule has 1 aromatic rings. The van der Waals surface area contributed by atoms with Crippen molar-refractivity contribution >= 4 is 29.3 Å². The van der Waals surface area contributed by atoms with E-state index < -0.39 is 0 Å². The van der Waals surface area contributed by atoms with Crippen LogP contribution in [0.15, 0.2) is 24.3 Å². The van der Waals surface area contributed by atoms with Crippen LogP contribution in [0.3, 0.4) is 0 Å². The number of thioether (sulfide) groups is 1. The number of carbonyl (C=O) groups is 1. The van der Waals surface area contributed by atoms with Crippen molar-refractivity contribution in [2.45, 2.75) is 5.25 Å². The Kier molecular flexibility index (Phi) is 4.92. The summed E-state index contributed by atoms with van der Waals surface area (Å²) < 4.78 is 5.03. The smallest absolute Gasteiger partial charge is 0.240 e. The molecule has 5 heteroatoms. The fourth-order valence-corrected chi connectivity index (χ4v) is 3.26. The number of benzene rings is 1. The van der Waals surface area contributed by atoms with Gasteiger partial charge in [0.05, 0.1) is 6.61 Å². The van der Waals surface area contributed by atoms with Gasteiger partial charge in [0.2, 0.25) is 5.91 Å². The minimum atomic E-state index is -0.104. The van der Waals surface area contributed by atoms with Crippen LogP contribution in [-0.2, 0) is 9.53 Å². The summed E-state index contributed by atoms with van der Waals surface area (Å²) in [5.74, 6) is 1.13. The van der Waals surface area contributed by atoms with Crippen molar-refractivity contribution in [1.82, 2.24) is 4.90 Å². The van der Waals surface area contributed by atoms with Gasteiger partial charge in [-0.1, -0.05) is 23.7 Å². The van der Waals surface area contributed by atoms with Gasteiger partial charge in [-0.2, -0.15) is 0 Å². The molecular weight excluding hydrogens is 270 g/mol. The molecule has 0 aromatic heterocycles. The number of rotatable bonds is 4. The van der Waals surface area contributed by atoms with E-state index in [1.807, 2.05) is 29.2 Å². The normalized spacial score (nSPS) is 20.2. The zero-order chi connectivity index (χ0) is 13.0. The Morgan fingerprint density at radius 2 is 2.17 bits per heavy atom. The summed E-state index contributed by atoms with van der Waals surface area (Å²) in [5.41, 5.74) is 1.02. The third kappa shape index (κ3) is 3.19. The summed E-state index contributed by atoms with van der Waals surface area (Å²) in [6, 6.07) is 7.52. The first-order valence-corrected chi connectivity index (χ1v) is 7.30. The molecule has 1 amide bonds. The van der Waals surface area contributed by atoms with Gasteiger partial charge in [-0.3, -0.25) is 4.79 Å². The Morgan fingerprint density at radius 1 is 1.44 bits per heavy atom. The van der Waals surface area contributed by atoms with Gasteiger partial charge in [-0.25, -0.2) is 0 Å². The van der Waals surface area contributed by atoms with Gasteiger partial charge in [0, 0.05) is 31.0 Å². The molecule has 1 unspecified atom stereocenters. The summed E-state index contributed by atoms with van der Waals surface area (Å²) in [4.78, 5) is 14.2. The van der Waals surface area contributed by atoms with Crippen LogP contribution in [0.1, 0.15) is 10.8 Å². The topological polar surface area (TPSA) is 29.5 Å². The van der Waals surface area contributed by atoms with E-state index in [-0.39, 0.29) is 11.2 Å². The lowest BCUT2D eigenvalue weighted by Gasteiger charge is -2.32. The van der Waals surface area contributed by atoms with Crippen LogP contribution >= 0.6 is 23.4 Å². The van der Waals surface area contributed by atoms with Crippen molar-refractivity contribution in [3.63, 3.8) is 0 Å². The van der Waals surface area contributed by atoms with Gasteiger partial charge >= 0.3 is 0 Å². The van der Waals surface area contributed by atoms with Gasteiger partial charge in [0.25, 0.3) is 0 Å². The second-order valence-electron chi connectivity index (χ2n) is 4.12. The predicted molar refractivity (Wildman–Crippen MR) is 75.1 cm³/mol. The van der Waals surface area contributed by atoms with E-state index in [2.05, 4.69) is 0 Å². The van der Waals surface area contributed by atoms with Crippen molar-refractivity contribution in [2.75, 3.05) is 32.6 Å². The highest BCUT2D eigenvalue weighted by molar-refractivity contribution is 8.00. The summed E-state index contributed by atoms with van der Waals surface area (Å²) >= 11 is 7.56. The Hall–Kier alpha value is -0.710. The van der Waals surface area contributed by atoms with E-state index in [1.54, 1.807) is 18.9 Å². The van der Waals surface area contributed by atoms with Crippen molar-refractivity contribution in [3.05, 3.63) is 34.9 Å². The number of nitrogens with zero attached hydrogens (tertiary/aromatic N) is 1. The number of hydrogen-bond donors (Lipinski definition) is 0. The molecule has 0 radical (unpaired) electrons. The average molecular weight is 286 g/mol. The van der Waals surface area contributed by atoms with E-state index in [0.29, 0.717) is 18.2 Å². The molecule has 0 N–H and O–H groups in total. The van der Waals surface area contributed by atoms with Crippen LogP contribution in [0.25, 0.3) is 0 Å². The van der Waals surface area contributed by atoms with Crippen LogP contribution in [-0.4, -0.2) is 43.4 Å². The first-order chi connectivity index (χ1) is 8.72.